The Morgan fingerprint density at radius 1 is 1.24 bits per heavy atom. The van der Waals surface area contributed by atoms with E-state index in [1.807, 2.05) is 39.0 Å². The Bertz CT molecular complexity index is 467. The summed E-state index contributed by atoms with van der Waals surface area (Å²) in [5.41, 5.74) is 0.809. The van der Waals surface area contributed by atoms with Crippen LogP contribution >= 0.6 is 0 Å². The van der Waals surface area contributed by atoms with Gasteiger partial charge in [0.2, 0.25) is 0 Å². The number of piperidine rings is 1. The smallest absolute Gasteiger partial charge is 0.410 e. The quantitative estimate of drug-likeness (QED) is 0.838. The van der Waals surface area contributed by atoms with E-state index >= 15 is 0 Å². The molecule has 0 saturated carbocycles. The van der Waals surface area contributed by atoms with Gasteiger partial charge in [-0.15, -0.1) is 0 Å². The molecular formula is C17H25NO3. The van der Waals surface area contributed by atoms with Gasteiger partial charge in [0, 0.05) is 19.6 Å². The van der Waals surface area contributed by atoms with Gasteiger partial charge in [0.1, 0.15) is 5.60 Å². The lowest BCUT2D eigenvalue weighted by Crippen LogP contribution is -2.48. The zero-order valence-corrected chi connectivity index (χ0v) is 13.3. The Balaban J connectivity index is 2.03. The molecule has 116 valence electrons. The van der Waals surface area contributed by atoms with Gasteiger partial charge in [-0.3, -0.25) is 0 Å². The molecule has 0 spiro atoms. The molecule has 1 aromatic rings. The van der Waals surface area contributed by atoms with Gasteiger partial charge in [-0.1, -0.05) is 30.3 Å². The molecule has 21 heavy (non-hydrogen) atoms. The maximum absolute atomic E-state index is 12.2. The van der Waals surface area contributed by atoms with Crippen molar-refractivity contribution in [1.82, 2.24) is 4.90 Å². The lowest BCUT2D eigenvalue weighted by molar-refractivity contribution is -0.0139. The topological polar surface area (TPSA) is 38.8 Å². The van der Waals surface area contributed by atoms with Gasteiger partial charge in [-0.25, -0.2) is 4.79 Å². The number of rotatable bonds is 2. The summed E-state index contributed by atoms with van der Waals surface area (Å²) < 4.78 is 11.1. The Morgan fingerprint density at radius 3 is 2.48 bits per heavy atom. The number of hydrogen-bond acceptors (Lipinski definition) is 3. The number of carbonyl (C=O) groups is 1. The summed E-state index contributed by atoms with van der Waals surface area (Å²) in [6.45, 7) is 6.93. The van der Waals surface area contributed by atoms with E-state index in [-0.39, 0.29) is 12.2 Å². The number of hydrogen-bond donors (Lipinski definition) is 0. The molecule has 1 aliphatic heterocycles. The normalized spacial score (nSPS) is 23.0. The molecule has 0 aliphatic carbocycles. The molecule has 1 heterocycles. The monoisotopic (exact) mass is 291 g/mol. The van der Waals surface area contributed by atoms with Gasteiger partial charge in [0.25, 0.3) is 0 Å². The van der Waals surface area contributed by atoms with Crippen LogP contribution in [0.5, 0.6) is 0 Å². The summed E-state index contributed by atoms with van der Waals surface area (Å²) in [6, 6.07) is 10.4. The minimum absolute atomic E-state index is 0.00803. The van der Waals surface area contributed by atoms with Crippen LogP contribution in [0.4, 0.5) is 4.79 Å². The van der Waals surface area contributed by atoms with Crippen molar-refractivity contribution in [2.45, 2.75) is 44.8 Å². The summed E-state index contributed by atoms with van der Waals surface area (Å²) in [6.07, 6.45) is 0.645. The highest BCUT2D eigenvalue weighted by atomic mass is 16.6. The van der Waals surface area contributed by atoms with Crippen molar-refractivity contribution >= 4 is 6.09 Å². The highest BCUT2D eigenvalue weighted by Crippen LogP contribution is 2.30. The zero-order valence-electron chi connectivity index (χ0n) is 13.3. The number of amides is 1. The van der Waals surface area contributed by atoms with Crippen molar-refractivity contribution in [3.05, 3.63) is 35.9 Å². The summed E-state index contributed by atoms with van der Waals surface area (Å²) >= 11 is 0. The van der Waals surface area contributed by atoms with E-state index in [2.05, 4.69) is 12.1 Å². The molecule has 1 saturated heterocycles. The molecule has 1 amide bonds. The molecule has 2 rings (SSSR count). The second-order valence-electron chi connectivity index (χ2n) is 6.51. The fraction of sp³-hybridized carbons (Fsp3) is 0.588. The average Bonchev–Trinajstić information content (AvgIpc) is 2.45. The van der Waals surface area contributed by atoms with Crippen molar-refractivity contribution in [1.29, 1.82) is 0 Å². The molecule has 0 N–H and O–H groups in total. The highest BCUT2D eigenvalue weighted by molar-refractivity contribution is 5.68. The Hall–Kier alpha value is -1.55. The SMILES string of the molecule is CO[C@@H]1CN(C(=O)OC(C)(C)C)CCC1c1ccccc1. The van der Waals surface area contributed by atoms with Crippen molar-refractivity contribution in [3.8, 4) is 0 Å². The minimum atomic E-state index is -0.462. The fourth-order valence-corrected chi connectivity index (χ4v) is 2.73. The summed E-state index contributed by atoms with van der Waals surface area (Å²) in [4.78, 5) is 13.9. The largest absolute Gasteiger partial charge is 0.444 e. The van der Waals surface area contributed by atoms with Gasteiger partial charge in [0.15, 0.2) is 0 Å². The zero-order chi connectivity index (χ0) is 15.5. The van der Waals surface area contributed by atoms with Crippen LogP contribution in [0.2, 0.25) is 0 Å². The number of benzene rings is 1. The molecule has 0 radical (unpaired) electrons. The van der Waals surface area contributed by atoms with Gasteiger partial charge >= 0.3 is 6.09 Å². The second-order valence-corrected chi connectivity index (χ2v) is 6.51. The van der Waals surface area contributed by atoms with Crippen LogP contribution in [0, 0.1) is 0 Å². The lowest BCUT2D eigenvalue weighted by Gasteiger charge is -2.38. The first-order valence-electron chi connectivity index (χ1n) is 7.46. The van der Waals surface area contributed by atoms with E-state index in [1.54, 1.807) is 12.0 Å². The maximum atomic E-state index is 12.2. The molecular weight excluding hydrogens is 266 g/mol. The van der Waals surface area contributed by atoms with Crippen molar-refractivity contribution < 1.29 is 14.3 Å². The van der Waals surface area contributed by atoms with E-state index in [9.17, 15) is 4.79 Å². The number of nitrogens with zero attached hydrogens (tertiary/aromatic N) is 1. The Kier molecular flexibility index (Phi) is 4.88. The molecule has 1 aliphatic rings. The molecule has 2 atom stereocenters. The van der Waals surface area contributed by atoms with Crippen LogP contribution in [0.1, 0.15) is 38.7 Å². The van der Waals surface area contributed by atoms with E-state index in [0.29, 0.717) is 19.0 Å². The number of methoxy groups -OCH3 is 1. The van der Waals surface area contributed by atoms with Crippen LogP contribution in [-0.2, 0) is 9.47 Å². The predicted octanol–water partition coefficient (Wildman–Crippen LogP) is 3.43. The van der Waals surface area contributed by atoms with Gasteiger partial charge in [-0.05, 0) is 32.8 Å². The van der Waals surface area contributed by atoms with E-state index in [0.717, 1.165) is 6.42 Å². The molecule has 0 bridgehead atoms. The average molecular weight is 291 g/mol. The van der Waals surface area contributed by atoms with Crippen LogP contribution < -0.4 is 0 Å². The number of ether oxygens (including phenoxy) is 2. The predicted molar refractivity (Wildman–Crippen MR) is 82.4 cm³/mol. The molecule has 1 unspecified atom stereocenters. The fourth-order valence-electron chi connectivity index (χ4n) is 2.73. The standard InChI is InChI=1S/C17H25NO3/c1-17(2,3)21-16(19)18-11-10-14(15(12-18)20-4)13-8-6-5-7-9-13/h5-9,14-15H,10-12H2,1-4H3/t14?,15-/m1/s1. The first-order valence-corrected chi connectivity index (χ1v) is 7.46. The minimum Gasteiger partial charge on any atom is -0.444 e. The number of likely N-dealkylation sites (tertiary alicyclic amines) is 1. The Labute approximate surface area is 127 Å². The first-order chi connectivity index (χ1) is 9.90. The van der Waals surface area contributed by atoms with Crippen LogP contribution in [0.15, 0.2) is 30.3 Å². The summed E-state index contributed by atoms with van der Waals surface area (Å²) in [5.74, 6) is 0.329. The summed E-state index contributed by atoms with van der Waals surface area (Å²) in [5, 5.41) is 0. The third kappa shape index (κ3) is 4.21. The van der Waals surface area contributed by atoms with Gasteiger partial charge in [0.05, 0.1) is 12.6 Å². The molecule has 1 aromatic carbocycles. The third-order valence-corrected chi connectivity index (χ3v) is 3.74. The summed E-state index contributed by atoms with van der Waals surface area (Å²) in [7, 11) is 1.71. The van der Waals surface area contributed by atoms with Crippen molar-refractivity contribution in [2.24, 2.45) is 0 Å². The van der Waals surface area contributed by atoms with E-state index in [4.69, 9.17) is 9.47 Å². The molecule has 0 aromatic heterocycles. The third-order valence-electron chi connectivity index (χ3n) is 3.74. The first kappa shape index (κ1) is 15.8. The van der Waals surface area contributed by atoms with Gasteiger partial charge in [-0.2, -0.15) is 0 Å². The van der Waals surface area contributed by atoms with Crippen LogP contribution in [0.25, 0.3) is 0 Å². The van der Waals surface area contributed by atoms with Crippen molar-refractivity contribution in [2.75, 3.05) is 20.2 Å². The molecule has 1 fully saturated rings. The highest BCUT2D eigenvalue weighted by Gasteiger charge is 2.34. The van der Waals surface area contributed by atoms with Crippen LogP contribution in [-0.4, -0.2) is 42.9 Å². The number of carbonyl (C=O) groups excluding carboxylic acids is 1. The van der Waals surface area contributed by atoms with E-state index < -0.39 is 5.60 Å². The van der Waals surface area contributed by atoms with Crippen molar-refractivity contribution in [3.63, 3.8) is 0 Å². The second kappa shape index (κ2) is 6.48. The Morgan fingerprint density at radius 2 is 1.90 bits per heavy atom. The molecule has 4 nitrogen and oxygen atoms in total. The van der Waals surface area contributed by atoms with Gasteiger partial charge < -0.3 is 14.4 Å². The maximum Gasteiger partial charge on any atom is 0.410 e. The van der Waals surface area contributed by atoms with E-state index in [1.165, 1.54) is 5.56 Å². The molecule has 4 heteroatoms. The van der Waals surface area contributed by atoms with Crippen LogP contribution in [0.3, 0.4) is 0 Å². The lowest BCUT2D eigenvalue weighted by atomic mass is 9.87.